The van der Waals surface area contributed by atoms with Crippen molar-refractivity contribution in [2.24, 2.45) is 0 Å². The van der Waals surface area contributed by atoms with Gasteiger partial charge in [0.05, 0.1) is 6.10 Å². The van der Waals surface area contributed by atoms with Crippen molar-refractivity contribution in [3.63, 3.8) is 0 Å². The van der Waals surface area contributed by atoms with Gasteiger partial charge in [0.15, 0.2) is 0 Å². The maximum Gasteiger partial charge on any atom is 0.223 e. The van der Waals surface area contributed by atoms with E-state index in [1.165, 1.54) is 11.1 Å². The van der Waals surface area contributed by atoms with E-state index in [2.05, 4.69) is 44.5 Å². The Hall–Kier alpha value is -1.98. The molecule has 0 spiro atoms. The van der Waals surface area contributed by atoms with Crippen LogP contribution >= 0.6 is 0 Å². The normalized spacial score (nSPS) is 16.4. The molecule has 0 amide bonds. The number of aliphatic hydroxyl groups excluding tert-OH is 1. The van der Waals surface area contributed by atoms with Gasteiger partial charge in [-0.3, -0.25) is 4.90 Å². The molecular formula is C18H24N4O. The molecule has 0 unspecified atom stereocenters. The van der Waals surface area contributed by atoms with Gasteiger partial charge in [0, 0.05) is 38.1 Å². The van der Waals surface area contributed by atoms with E-state index in [1.807, 2.05) is 13.0 Å². The van der Waals surface area contributed by atoms with Crippen molar-refractivity contribution >= 4 is 5.95 Å². The number of aryl methyl sites for hydroxylation is 1. The highest BCUT2D eigenvalue weighted by Gasteiger charge is 2.17. The summed E-state index contributed by atoms with van der Waals surface area (Å²) in [7, 11) is 0. The van der Waals surface area contributed by atoms with Crippen molar-refractivity contribution < 1.29 is 5.11 Å². The zero-order valence-electron chi connectivity index (χ0n) is 13.6. The quantitative estimate of drug-likeness (QED) is 0.887. The summed E-state index contributed by atoms with van der Waals surface area (Å²) < 4.78 is 0. The zero-order chi connectivity index (χ0) is 16.1. The largest absolute Gasteiger partial charge is 0.393 e. The van der Waals surface area contributed by atoms with Gasteiger partial charge in [0.25, 0.3) is 0 Å². The van der Waals surface area contributed by atoms with Crippen LogP contribution in [0.15, 0.2) is 36.5 Å². The standard InChI is InChI=1S/C18H24N4O/c1-14-6-9-19-18(21-14)20-12-15-4-2-3-5-16(15)13-22-10-7-17(23)8-11-22/h2-6,9,17,23H,7-8,10-13H2,1H3,(H,19,20,21). The molecule has 0 atom stereocenters. The van der Waals surface area contributed by atoms with E-state index in [9.17, 15) is 5.11 Å². The van der Waals surface area contributed by atoms with Crippen molar-refractivity contribution in [3.8, 4) is 0 Å². The summed E-state index contributed by atoms with van der Waals surface area (Å²) in [5, 5.41) is 12.9. The summed E-state index contributed by atoms with van der Waals surface area (Å²) in [4.78, 5) is 11.0. The smallest absolute Gasteiger partial charge is 0.223 e. The fourth-order valence-electron chi connectivity index (χ4n) is 2.91. The number of nitrogens with zero attached hydrogens (tertiary/aromatic N) is 3. The lowest BCUT2D eigenvalue weighted by molar-refractivity contribution is 0.0791. The lowest BCUT2D eigenvalue weighted by Crippen LogP contribution is -2.35. The predicted molar refractivity (Wildman–Crippen MR) is 91.1 cm³/mol. The van der Waals surface area contributed by atoms with Crippen LogP contribution in [-0.4, -0.2) is 39.2 Å². The highest BCUT2D eigenvalue weighted by molar-refractivity contribution is 5.32. The first-order chi connectivity index (χ1) is 11.2. The number of aliphatic hydroxyl groups is 1. The fourth-order valence-corrected chi connectivity index (χ4v) is 2.91. The number of nitrogens with one attached hydrogen (secondary N) is 1. The molecule has 1 saturated heterocycles. The van der Waals surface area contributed by atoms with Crippen molar-refractivity contribution in [3.05, 3.63) is 53.3 Å². The highest BCUT2D eigenvalue weighted by atomic mass is 16.3. The van der Waals surface area contributed by atoms with Crippen LogP contribution in [0.2, 0.25) is 0 Å². The molecule has 0 radical (unpaired) electrons. The topological polar surface area (TPSA) is 61.3 Å². The number of hydrogen-bond donors (Lipinski definition) is 2. The third kappa shape index (κ3) is 4.50. The molecule has 1 aromatic carbocycles. The maximum atomic E-state index is 9.63. The fraction of sp³-hybridized carbons (Fsp3) is 0.444. The third-order valence-corrected chi connectivity index (χ3v) is 4.30. The Bertz CT molecular complexity index is 638. The number of aromatic nitrogens is 2. The lowest BCUT2D eigenvalue weighted by Gasteiger charge is -2.30. The van der Waals surface area contributed by atoms with Crippen LogP contribution in [0, 0.1) is 6.92 Å². The van der Waals surface area contributed by atoms with Crippen LogP contribution in [0.5, 0.6) is 0 Å². The van der Waals surface area contributed by atoms with Gasteiger partial charge in [-0.1, -0.05) is 24.3 Å². The molecule has 1 fully saturated rings. The van der Waals surface area contributed by atoms with Crippen molar-refractivity contribution in [2.75, 3.05) is 18.4 Å². The van der Waals surface area contributed by atoms with Crippen molar-refractivity contribution in [2.45, 2.75) is 39.0 Å². The van der Waals surface area contributed by atoms with Crippen molar-refractivity contribution in [1.29, 1.82) is 0 Å². The van der Waals surface area contributed by atoms with E-state index >= 15 is 0 Å². The average Bonchev–Trinajstić information content (AvgIpc) is 2.56. The van der Waals surface area contributed by atoms with Crippen LogP contribution in [0.25, 0.3) is 0 Å². The molecule has 5 nitrogen and oxygen atoms in total. The Morgan fingerprint density at radius 2 is 1.91 bits per heavy atom. The zero-order valence-corrected chi connectivity index (χ0v) is 13.6. The molecular weight excluding hydrogens is 288 g/mol. The minimum absolute atomic E-state index is 0.123. The predicted octanol–water partition coefficient (Wildman–Crippen LogP) is 2.35. The minimum atomic E-state index is -0.123. The van der Waals surface area contributed by atoms with Gasteiger partial charge in [-0.05, 0) is 37.0 Å². The van der Waals surface area contributed by atoms with E-state index in [0.29, 0.717) is 5.95 Å². The van der Waals surface area contributed by atoms with Gasteiger partial charge in [-0.15, -0.1) is 0 Å². The second kappa shape index (κ2) is 7.53. The van der Waals surface area contributed by atoms with Gasteiger partial charge < -0.3 is 10.4 Å². The van der Waals surface area contributed by atoms with E-state index in [-0.39, 0.29) is 6.10 Å². The van der Waals surface area contributed by atoms with E-state index in [0.717, 1.165) is 44.7 Å². The van der Waals surface area contributed by atoms with Crippen LogP contribution < -0.4 is 5.32 Å². The third-order valence-electron chi connectivity index (χ3n) is 4.30. The monoisotopic (exact) mass is 312 g/mol. The summed E-state index contributed by atoms with van der Waals surface area (Å²) in [6.07, 6.45) is 3.40. The van der Waals surface area contributed by atoms with Crippen LogP contribution in [0.3, 0.4) is 0 Å². The molecule has 23 heavy (non-hydrogen) atoms. The Morgan fingerprint density at radius 1 is 1.17 bits per heavy atom. The molecule has 0 saturated carbocycles. The van der Waals surface area contributed by atoms with E-state index < -0.39 is 0 Å². The van der Waals surface area contributed by atoms with Gasteiger partial charge in [0.1, 0.15) is 0 Å². The van der Waals surface area contributed by atoms with Gasteiger partial charge in [0.2, 0.25) is 5.95 Å². The Kier molecular flexibility index (Phi) is 5.20. The second-order valence-electron chi connectivity index (χ2n) is 6.15. The first-order valence-corrected chi connectivity index (χ1v) is 8.21. The maximum absolute atomic E-state index is 9.63. The van der Waals surface area contributed by atoms with Crippen LogP contribution in [0.1, 0.15) is 29.7 Å². The lowest BCUT2D eigenvalue weighted by atomic mass is 10.0. The van der Waals surface area contributed by atoms with Crippen LogP contribution in [0.4, 0.5) is 5.95 Å². The summed E-state index contributed by atoms with van der Waals surface area (Å²) in [5.74, 6) is 0.667. The molecule has 0 aliphatic carbocycles. The molecule has 122 valence electrons. The first-order valence-electron chi connectivity index (χ1n) is 8.21. The van der Waals surface area contributed by atoms with E-state index in [4.69, 9.17) is 0 Å². The number of piperidine rings is 1. The Morgan fingerprint density at radius 3 is 2.65 bits per heavy atom. The minimum Gasteiger partial charge on any atom is -0.393 e. The van der Waals surface area contributed by atoms with Gasteiger partial charge in [-0.2, -0.15) is 0 Å². The molecule has 3 rings (SSSR count). The number of likely N-dealkylation sites (tertiary alicyclic amines) is 1. The molecule has 1 aliphatic rings. The molecule has 2 N–H and O–H groups in total. The summed E-state index contributed by atoms with van der Waals surface area (Å²) >= 11 is 0. The highest BCUT2D eigenvalue weighted by Crippen LogP contribution is 2.17. The molecule has 2 heterocycles. The summed E-state index contributed by atoms with van der Waals surface area (Å²) in [5.41, 5.74) is 3.55. The number of hydrogen-bond acceptors (Lipinski definition) is 5. The summed E-state index contributed by atoms with van der Waals surface area (Å²) in [6, 6.07) is 10.4. The average molecular weight is 312 g/mol. The second-order valence-corrected chi connectivity index (χ2v) is 6.15. The van der Waals surface area contributed by atoms with Crippen LogP contribution in [-0.2, 0) is 13.1 Å². The number of rotatable bonds is 5. The van der Waals surface area contributed by atoms with Gasteiger partial charge >= 0.3 is 0 Å². The summed E-state index contributed by atoms with van der Waals surface area (Å²) in [6.45, 7) is 5.54. The molecule has 1 aliphatic heterocycles. The Balaban J connectivity index is 1.63. The first kappa shape index (κ1) is 15.9. The SMILES string of the molecule is Cc1ccnc(NCc2ccccc2CN2CCC(O)CC2)n1. The molecule has 1 aromatic heterocycles. The Labute approximate surface area is 137 Å². The van der Waals surface area contributed by atoms with E-state index in [1.54, 1.807) is 6.20 Å². The number of anilines is 1. The van der Waals surface area contributed by atoms with Gasteiger partial charge in [-0.25, -0.2) is 9.97 Å². The number of benzene rings is 1. The molecule has 5 heteroatoms. The molecule has 0 bridgehead atoms. The van der Waals surface area contributed by atoms with Crippen molar-refractivity contribution in [1.82, 2.24) is 14.9 Å². The molecule has 2 aromatic rings.